The summed E-state index contributed by atoms with van der Waals surface area (Å²) in [6, 6.07) is 3.54. The highest BCUT2D eigenvalue weighted by Crippen LogP contribution is 2.62. The number of hydrogen-bond donors (Lipinski definition) is 1. The van der Waals surface area contributed by atoms with Gasteiger partial charge >= 0.3 is 30.4 Å². The molecule has 13 nitrogen and oxygen atoms in total. The minimum Gasteiger partial charge on any atom is -0.493 e. The number of methoxy groups -OCH3 is 1. The van der Waals surface area contributed by atoms with Gasteiger partial charge in [0.2, 0.25) is 0 Å². The van der Waals surface area contributed by atoms with E-state index >= 15 is 0 Å². The Morgan fingerprint density at radius 1 is 1.14 bits per heavy atom. The number of hydrogen-bond acceptors (Lipinski definition) is 13. The van der Waals surface area contributed by atoms with Crippen LogP contribution in [0.1, 0.15) is 65.0 Å². The molecule has 1 heterocycles. The van der Waals surface area contributed by atoms with Gasteiger partial charge in [0.25, 0.3) is 0 Å². The van der Waals surface area contributed by atoms with E-state index in [4.69, 9.17) is 33.2 Å². The minimum absolute atomic E-state index is 0.0351. The summed E-state index contributed by atoms with van der Waals surface area (Å²) >= 11 is 0. The van der Waals surface area contributed by atoms with Crippen LogP contribution in [0.4, 0.5) is 4.79 Å². The van der Waals surface area contributed by atoms with E-state index in [0.29, 0.717) is 30.9 Å². The molecule has 242 valence electrons. The second kappa shape index (κ2) is 13.0. The third-order valence-electron chi connectivity index (χ3n) is 8.71. The van der Waals surface area contributed by atoms with Crippen molar-refractivity contribution in [1.29, 1.82) is 0 Å². The molecular formula is C31H41NO12. The van der Waals surface area contributed by atoms with Crippen LogP contribution in [0.15, 0.2) is 24.0 Å². The van der Waals surface area contributed by atoms with E-state index in [0.717, 1.165) is 24.5 Å². The van der Waals surface area contributed by atoms with Crippen LogP contribution in [0.3, 0.4) is 0 Å². The zero-order valence-corrected chi connectivity index (χ0v) is 26.2. The molecule has 0 bridgehead atoms. The molecule has 1 aromatic rings. The van der Waals surface area contributed by atoms with Gasteiger partial charge in [-0.25, -0.2) is 14.4 Å². The van der Waals surface area contributed by atoms with Crippen LogP contribution in [0.25, 0.3) is 0 Å². The monoisotopic (exact) mass is 619 g/mol. The lowest BCUT2D eigenvalue weighted by Crippen LogP contribution is -2.69. The van der Waals surface area contributed by atoms with Gasteiger partial charge in [-0.15, -0.1) is 0 Å². The van der Waals surface area contributed by atoms with Gasteiger partial charge in [-0.1, -0.05) is 26.3 Å². The Kier molecular flexibility index (Phi) is 9.79. The largest absolute Gasteiger partial charge is 0.512 e. The van der Waals surface area contributed by atoms with Crippen molar-refractivity contribution in [1.82, 2.24) is 4.90 Å². The van der Waals surface area contributed by atoms with Crippen molar-refractivity contribution in [3.8, 4) is 11.5 Å². The summed E-state index contributed by atoms with van der Waals surface area (Å²) in [4.78, 5) is 51.3. The maximum absolute atomic E-state index is 13.1. The fraction of sp³-hybridized carbons (Fsp3) is 0.613. The minimum atomic E-state index is -2.01. The van der Waals surface area contributed by atoms with Gasteiger partial charge in [0, 0.05) is 24.9 Å². The lowest BCUT2D eigenvalue weighted by Gasteiger charge is -2.56. The molecule has 0 radical (unpaired) electrons. The maximum atomic E-state index is 13.1. The Morgan fingerprint density at radius 3 is 2.50 bits per heavy atom. The van der Waals surface area contributed by atoms with Crippen molar-refractivity contribution in [2.75, 3.05) is 27.3 Å². The van der Waals surface area contributed by atoms with E-state index in [1.165, 1.54) is 14.0 Å². The fourth-order valence-electron chi connectivity index (χ4n) is 6.21. The Hall–Kier alpha value is -3.84. The third kappa shape index (κ3) is 5.82. The van der Waals surface area contributed by atoms with Gasteiger partial charge in [0.05, 0.1) is 24.7 Å². The quantitative estimate of drug-likeness (QED) is 0.158. The standard InChI is InChI=1S/C31H41NO12/c1-8-10-15-39-27(35)28(41-18(4)33)44-29(36)40-17(3)26(34)42-21-13-14-31(37)22(32(6)9-2)16-19-11-12-20(38-7)24-23(19)30(31,5)25(21)43-24/h11-13,17,22,25,28,37H,8-10,14-16H2,1-7H3/t17-,22+,25-,28-,30-,31+/m0/s1. The lowest BCUT2D eigenvalue weighted by molar-refractivity contribution is -0.194. The van der Waals surface area contributed by atoms with E-state index in [2.05, 4.69) is 4.90 Å². The van der Waals surface area contributed by atoms with Crippen LogP contribution >= 0.6 is 0 Å². The van der Waals surface area contributed by atoms with Crippen molar-refractivity contribution in [3.05, 3.63) is 35.1 Å². The number of esters is 3. The summed E-state index contributed by atoms with van der Waals surface area (Å²) in [6.45, 7) is 8.82. The number of nitrogens with zero attached hydrogens (tertiary/aromatic N) is 1. The smallest absolute Gasteiger partial charge is 0.493 e. The Bertz CT molecular complexity index is 1330. The first-order valence-electron chi connectivity index (χ1n) is 14.7. The highest BCUT2D eigenvalue weighted by molar-refractivity contribution is 5.81. The van der Waals surface area contributed by atoms with Crippen LogP contribution < -0.4 is 9.47 Å². The van der Waals surface area contributed by atoms with E-state index < -0.39 is 53.6 Å². The topological polar surface area (TPSA) is 156 Å². The Labute approximate surface area is 256 Å². The van der Waals surface area contributed by atoms with Crippen molar-refractivity contribution in [2.45, 2.75) is 95.9 Å². The molecule has 1 aromatic carbocycles. The third-order valence-corrected chi connectivity index (χ3v) is 8.71. The molecule has 0 spiro atoms. The molecule has 0 saturated heterocycles. The first kappa shape index (κ1) is 33.1. The molecule has 0 amide bonds. The second-order valence-electron chi connectivity index (χ2n) is 11.4. The molecule has 44 heavy (non-hydrogen) atoms. The van der Waals surface area contributed by atoms with Crippen LogP contribution in [0.2, 0.25) is 0 Å². The van der Waals surface area contributed by atoms with Crippen molar-refractivity contribution < 1.29 is 57.4 Å². The number of aliphatic hydroxyl groups is 1. The lowest BCUT2D eigenvalue weighted by atomic mass is 9.54. The summed E-state index contributed by atoms with van der Waals surface area (Å²) < 4.78 is 37.3. The highest BCUT2D eigenvalue weighted by Gasteiger charge is 2.68. The van der Waals surface area contributed by atoms with Crippen molar-refractivity contribution >= 4 is 24.1 Å². The molecule has 2 aliphatic carbocycles. The van der Waals surface area contributed by atoms with Crippen LogP contribution in [0, 0.1) is 0 Å². The number of carbonyl (C=O) groups excluding carboxylic acids is 4. The predicted molar refractivity (Wildman–Crippen MR) is 153 cm³/mol. The summed E-state index contributed by atoms with van der Waals surface area (Å²) in [5.74, 6) is -1.83. The zero-order valence-electron chi connectivity index (χ0n) is 26.2. The summed E-state index contributed by atoms with van der Waals surface area (Å²) in [7, 11) is 3.49. The van der Waals surface area contributed by atoms with E-state index in [1.54, 1.807) is 6.08 Å². The van der Waals surface area contributed by atoms with Gasteiger partial charge in [-0.05, 0) is 58.0 Å². The summed E-state index contributed by atoms with van der Waals surface area (Å²) in [5.41, 5.74) is -0.474. The van der Waals surface area contributed by atoms with E-state index in [1.807, 2.05) is 40.0 Å². The molecule has 1 N–H and O–H groups in total. The number of unbranched alkanes of at least 4 members (excludes halogenated alkanes) is 1. The second-order valence-corrected chi connectivity index (χ2v) is 11.4. The van der Waals surface area contributed by atoms with Crippen molar-refractivity contribution in [3.63, 3.8) is 0 Å². The van der Waals surface area contributed by atoms with E-state index in [-0.39, 0.29) is 24.8 Å². The highest BCUT2D eigenvalue weighted by atomic mass is 16.8. The number of likely N-dealkylation sites (N-methyl/N-ethyl adjacent to an activating group) is 1. The van der Waals surface area contributed by atoms with Crippen molar-refractivity contribution in [2.24, 2.45) is 0 Å². The Balaban J connectivity index is 1.52. The van der Waals surface area contributed by atoms with Crippen LogP contribution in [-0.2, 0) is 49.9 Å². The van der Waals surface area contributed by atoms with Gasteiger partial charge in [0.1, 0.15) is 5.76 Å². The number of benzene rings is 1. The van der Waals surface area contributed by atoms with Gasteiger partial charge in [0.15, 0.2) is 23.7 Å². The van der Waals surface area contributed by atoms with Crippen LogP contribution in [0.5, 0.6) is 11.5 Å². The molecule has 1 aliphatic heterocycles. The molecular weight excluding hydrogens is 578 g/mol. The normalized spacial score (nSPS) is 25.9. The molecule has 13 heteroatoms. The molecule has 6 atom stereocenters. The van der Waals surface area contributed by atoms with Gasteiger partial charge in [-0.2, -0.15) is 0 Å². The molecule has 0 saturated carbocycles. The van der Waals surface area contributed by atoms with Gasteiger partial charge in [-0.3, -0.25) is 4.79 Å². The van der Waals surface area contributed by atoms with Crippen LogP contribution in [-0.4, -0.2) is 91.5 Å². The number of rotatable bonds is 12. The molecule has 3 aliphatic rings. The predicted octanol–water partition coefficient (Wildman–Crippen LogP) is 2.93. The fourth-order valence-corrected chi connectivity index (χ4v) is 6.21. The van der Waals surface area contributed by atoms with Gasteiger partial charge < -0.3 is 43.2 Å². The average Bonchev–Trinajstić information content (AvgIpc) is 3.31. The first-order chi connectivity index (χ1) is 20.8. The maximum Gasteiger partial charge on any atom is 0.512 e. The summed E-state index contributed by atoms with van der Waals surface area (Å²) in [6.07, 6.45) is -2.17. The molecule has 4 rings (SSSR count). The molecule has 0 aromatic heterocycles. The van der Waals surface area contributed by atoms with E-state index in [9.17, 15) is 24.3 Å². The summed E-state index contributed by atoms with van der Waals surface area (Å²) in [5, 5.41) is 12.4. The first-order valence-corrected chi connectivity index (χ1v) is 14.7. The SMILES string of the molecule is CCCCOC(=O)[C@@H](OC(C)=O)OC(=O)O[C@@H](C)C(=O)OC1=CC[C@@]2(O)[C@H](N(C)CC)Cc3ccc(OC)c4c3[C@@]2(C)[C@H]1O4. The number of carbonyl (C=O) groups is 4. The molecule has 0 fully saturated rings. The average molecular weight is 620 g/mol. The zero-order chi connectivity index (χ0) is 32.4. The Morgan fingerprint density at radius 2 is 1.86 bits per heavy atom. The molecule has 0 unspecified atom stereocenters. The number of ether oxygens (including phenoxy) is 7.